The molecule has 7 nitrogen and oxygen atoms in total. The van der Waals surface area contributed by atoms with Crippen LogP contribution in [0.1, 0.15) is 27.2 Å². The lowest BCUT2D eigenvalue weighted by atomic mass is 9.86. The number of aliphatic hydroxyl groups is 2. The molecule has 116 valence electrons. The standard InChI is InChI=1S/C12H23N3O4S/c1-12(2,3)11(17)5-9(8-16)14-20(18,19)10-6-13-15(4)7-10/h6-7,9,11,14,16-17H,5,8H2,1-4H3/t9-,11+/m0/s1. The first-order valence-electron chi connectivity index (χ1n) is 6.36. The molecule has 3 N–H and O–H groups in total. The first-order valence-corrected chi connectivity index (χ1v) is 7.84. The molecule has 0 saturated carbocycles. The first-order chi connectivity index (χ1) is 9.06. The number of aryl methyl sites for hydroxylation is 1. The molecule has 0 amide bonds. The summed E-state index contributed by atoms with van der Waals surface area (Å²) in [6, 6.07) is -0.741. The quantitative estimate of drug-likeness (QED) is 0.678. The van der Waals surface area contributed by atoms with Crippen molar-refractivity contribution in [3.63, 3.8) is 0 Å². The molecule has 0 aliphatic rings. The van der Waals surface area contributed by atoms with Crippen LogP contribution in [0.15, 0.2) is 17.3 Å². The lowest BCUT2D eigenvalue weighted by Crippen LogP contribution is -2.42. The number of aromatic nitrogens is 2. The van der Waals surface area contributed by atoms with Crippen LogP contribution in [0.3, 0.4) is 0 Å². The smallest absolute Gasteiger partial charge is 0.244 e. The maximum absolute atomic E-state index is 12.1. The van der Waals surface area contributed by atoms with Gasteiger partial charge in [0.25, 0.3) is 0 Å². The van der Waals surface area contributed by atoms with Crippen molar-refractivity contribution in [2.24, 2.45) is 12.5 Å². The van der Waals surface area contributed by atoms with Crippen LogP contribution in [0.2, 0.25) is 0 Å². The van der Waals surface area contributed by atoms with Gasteiger partial charge in [-0.25, -0.2) is 13.1 Å². The highest BCUT2D eigenvalue weighted by Crippen LogP contribution is 2.23. The second kappa shape index (κ2) is 6.21. The van der Waals surface area contributed by atoms with Crippen LogP contribution in [0.25, 0.3) is 0 Å². The van der Waals surface area contributed by atoms with E-state index in [9.17, 15) is 18.6 Å². The van der Waals surface area contributed by atoms with Crippen LogP contribution in [-0.4, -0.2) is 47.2 Å². The minimum absolute atomic E-state index is 0.0312. The van der Waals surface area contributed by atoms with Crippen LogP contribution in [0.5, 0.6) is 0 Å². The molecule has 1 heterocycles. The zero-order chi connectivity index (χ0) is 15.6. The van der Waals surface area contributed by atoms with E-state index >= 15 is 0 Å². The van der Waals surface area contributed by atoms with Gasteiger partial charge < -0.3 is 10.2 Å². The Morgan fingerprint density at radius 3 is 2.45 bits per heavy atom. The van der Waals surface area contributed by atoms with Gasteiger partial charge in [0.1, 0.15) is 4.90 Å². The summed E-state index contributed by atoms with van der Waals surface area (Å²) in [5.41, 5.74) is -0.382. The Morgan fingerprint density at radius 1 is 1.45 bits per heavy atom. The van der Waals surface area contributed by atoms with Crippen LogP contribution < -0.4 is 4.72 Å². The maximum Gasteiger partial charge on any atom is 0.244 e. The van der Waals surface area contributed by atoms with Crippen molar-refractivity contribution in [1.82, 2.24) is 14.5 Å². The topological polar surface area (TPSA) is 104 Å². The zero-order valence-electron chi connectivity index (χ0n) is 12.2. The minimum atomic E-state index is -3.75. The number of rotatable bonds is 6. The molecule has 0 spiro atoms. The molecule has 0 aromatic carbocycles. The van der Waals surface area contributed by atoms with E-state index in [-0.39, 0.29) is 23.3 Å². The minimum Gasteiger partial charge on any atom is -0.395 e. The fraction of sp³-hybridized carbons (Fsp3) is 0.750. The molecule has 2 atom stereocenters. The van der Waals surface area contributed by atoms with Gasteiger partial charge in [-0.3, -0.25) is 4.68 Å². The van der Waals surface area contributed by atoms with E-state index in [1.165, 1.54) is 17.1 Å². The Bertz CT molecular complexity index is 533. The molecule has 0 aliphatic heterocycles. The van der Waals surface area contributed by atoms with Crippen molar-refractivity contribution in [3.05, 3.63) is 12.4 Å². The zero-order valence-corrected chi connectivity index (χ0v) is 13.1. The molecule has 1 aromatic rings. The monoisotopic (exact) mass is 305 g/mol. The van der Waals surface area contributed by atoms with Gasteiger partial charge in [0.2, 0.25) is 10.0 Å². The summed E-state index contributed by atoms with van der Waals surface area (Å²) in [6.45, 7) is 5.16. The summed E-state index contributed by atoms with van der Waals surface area (Å²) in [5, 5.41) is 23.1. The molecule has 1 aromatic heterocycles. The SMILES string of the molecule is Cn1cc(S(=O)(=O)N[C@H](CO)C[C@@H](O)C(C)(C)C)cn1. The number of sulfonamides is 1. The van der Waals surface area contributed by atoms with E-state index < -0.39 is 22.2 Å². The summed E-state index contributed by atoms with van der Waals surface area (Å²) in [7, 11) is -2.13. The van der Waals surface area contributed by atoms with Gasteiger partial charge in [-0.05, 0) is 11.8 Å². The molecule has 0 saturated heterocycles. The first kappa shape index (κ1) is 17.1. The Labute approximate surface area is 119 Å². The summed E-state index contributed by atoms with van der Waals surface area (Å²) in [4.78, 5) is 0.0312. The molecule has 0 unspecified atom stereocenters. The van der Waals surface area contributed by atoms with Crippen molar-refractivity contribution in [2.75, 3.05) is 6.61 Å². The predicted octanol–water partition coefficient (Wildman–Crippen LogP) is -0.144. The van der Waals surface area contributed by atoms with Crippen molar-refractivity contribution in [3.8, 4) is 0 Å². The van der Waals surface area contributed by atoms with Crippen molar-refractivity contribution in [2.45, 2.75) is 44.2 Å². The number of nitrogens with zero attached hydrogens (tertiary/aromatic N) is 2. The third-order valence-electron chi connectivity index (χ3n) is 3.04. The van der Waals surface area contributed by atoms with Gasteiger partial charge in [-0.15, -0.1) is 0 Å². The van der Waals surface area contributed by atoms with Crippen molar-refractivity contribution in [1.29, 1.82) is 0 Å². The summed E-state index contributed by atoms with van der Waals surface area (Å²) < 4.78 is 27.9. The van der Waals surface area contributed by atoms with Crippen LogP contribution in [0, 0.1) is 5.41 Å². The summed E-state index contributed by atoms with van der Waals surface area (Å²) in [5.74, 6) is 0. The van der Waals surface area contributed by atoms with E-state index in [1.807, 2.05) is 20.8 Å². The average Bonchev–Trinajstić information content (AvgIpc) is 2.74. The molecule has 8 heteroatoms. The highest BCUT2D eigenvalue weighted by Gasteiger charge is 2.28. The number of hydrogen-bond donors (Lipinski definition) is 3. The molecule has 0 radical (unpaired) electrons. The van der Waals surface area contributed by atoms with E-state index in [2.05, 4.69) is 9.82 Å². The molecular formula is C12H23N3O4S. The van der Waals surface area contributed by atoms with E-state index in [0.29, 0.717) is 0 Å². The molecule has 20 heavy (non-hydrogen) atoms. The third-order valence-corrected chi connectivity index (χ3v) is 4.52. The van der Waals surface area contributed by atoms with Crippen molar-refractivity contribution >= 4 is 10.0 Å². The number of hydrogen-bond acceptors (Lipinski definition) is 5. The third kappa shape index (κ3) is 4.55. The van der Waals surface area contributed by atoms with Crippen molar-refractivity contribution < 1.29 is 18.6 Å². The maximum atomic E-state index is 12.1. The lowest BCUT2D eigenvalue weighted by molar-refractivity contribution is 0.0420. The van der Waals surface area contributed by atoms with Gasteiger partial charge in [0, 0.05) is 19.3 Å². The average molecular weight is 305 g/mol. The second-order valence-corrected chi connectivity index (χ2v) is 7.68. The second-order valence-electron chi connectivity index (χ2n) is 5.97. The Morgan fingerprint density at radius 2 is 2.05 bits per heavy atom. The summed E-state index contributed by atoms with van der Waals surface area (Å²) in [6.07, 6.45) is 2.02. The molecular weight excluding hydrogens is 282 g/mol. The Kier molecular flexibility index (Phi) is 5.31. The van der Waals surface area contributed by atoms with Crippen LogP contribution in [0.4, 0.5) is 0 Å². The highest BCUT2D eigenvalue weighted by atomic mass is 32.2. The van der Waals surface area contributed by atoms with Crippen LogP contribution in [-0.2, 0) is 17.1 Å². The van der Waals surface area contributed by atoms with E-state index in [1.54, 1.807) is 7.05 Å². The summed E-state index contributed by atoms with van der Waals surface area (Å²) >= 11 is 0. The van der Waals surface area contributed by atoms with Gasteiger partial charge in [-0.2, -0.15) is 5.10 Å². The predicted molar refractivity (Wildman–Crippen MR) is 74.5 cm³/mol. The lowest BCUT2D eigenvalue weighted by Gasteiger charge is -2.29. The van der Waals surface area contributed by atoms with Gasteiger partial charge >= 0.3 is 0 Å². The largest absolute Gasteiger partial charge is 0.395 e. The molecule has 0 aliphatic carbocycles. The fourth-order valence-electron chi connectivity index (χ4n) is 1.61. The Hall–Kier alpha value is -0.960. The van der Waals surface area contributed by atoms with Gasteiger partial charge in [0.05, 0.1) is 18.9 Å². The number of nitrogens with one attached hydrogen (secondary N) is 1. The van der Waals surface area contributed by atoms with E-state index in [4.69, 9.17) is 0 Å². The fourth-order valence-corrected chi connectivity index (χ4v) is 2.83. The highest BCUT2D eigenvalue weighted by molar-refractivity contribution is 7.89. The van der Waals surface area contributed by atoms with Gasteiger partial charge in [0.15, 0.2) is 0 Å². The van der Waals surface area contributed by atoms with Gasteiger partial charge in [-0.1, -0.05) is 20.8 Å². The van der Waals surface area contributed by atoms with E-state index in [0.717, 1.165) is 0 Å². The number of aliphatic hydroxyl groups excluding tert-OH is 2. The normalized spacial score (nSPS) is 16.1. The Balaban J connectivity index is 2.78. The molecule has 0 fully saturated rings. The molecule has 1 rings (SSSR count). The van der Waals surface area contributed by atoms with Crippen LogP contribution >= 0.6 is 0 Å². The molecule has 0 bridgehead atoms.